The van der Waals surface area contributed by atoms with Crippen LogP contribution in [0.25, 0.3) is 0 Å². The number of hydrogen-bond acceptors (Lipinski definition) is 2. The fourth-order valence-electron chi connectivity index (χ4n) is 2.57. The first-order chi connectivity index (χ1) is 8.49. The maximum atomic E-state index is 3.63. The summed E-state index contributed by atoms with van der Waals surface area (Å²) in [7, 11) is 0. The Morgan fingerprint density at radius 3 is 2.17 bits per heavy atom. The van der Waals surface area contributed by atoms with E-state index in [2.05, 4.69) is 62.2 Å². The Bertz CT molecular complexity index is 367. The Morgan fingerprint density at radius 2 is 1.72 bits per heavy atom. The van der Waals surface area contributed by atoms with E-state index in [1.807, 2.05) is 0 Å². The molecule has 0 saturated heterocycles. The second kappa shape index (κ2) is 5.41. The number of fused-ring (bicyclic) bond motifs is 1. The summed E-state index contributed by atoms with van der Waals surface area (Å²) in [5, 5.41) is 3.63. The Morgan fingerprint density at radius 1 is 1.17 bits per heavy atom. The molecule has 2 heteroatoms. The van der Waals surface area contributed by atoms with Gasteiger partial charge in [0.15, 0.2) is 0 Å². The molecule has 1 aromatic rings. The molecule has 0 amide bonds. The van der Waals surface area contributed by atoms with Gasteiger partial charge < -0.3 is 5.32 Å². The molecular weight excluding hydrogens is 220 g/mol. The molecule has 0 aliphatic carbocycles. The van der Waals surface area contributed by atoms with Crippen LogP contribution in [0.3, 0.4) is 0 Å². The molecule has 18 heavy (non-hydrogen) atoms. The summed E-state index contributed by atoms with van der Waals surface area (Å²) >= 11 is 0. The van der Waals surface area contributed by atoms with Crippen molar-refractivity contribution in [1.29, 1.82) is 0 Å². The summed E-state index contributed by atoms with van der Waals surface area (Å²) in [6.45, 7) is 12.3. The van der Waals surface area contributed by atoms with Crippen LogP contribution in [0, 0.1) is 0 Å². The summed E-state index contributed by atoms with van der Waals surface area (Å²) in [4.78, 5) is 2.60. The second-order valence-corrected chi connectivity index (χ2v) is 6.37. The zero-order chi connectivity index (χ0) is 13.2. The van der Waals surface area contributed by atoms with Gasteiger partial charge in [-0.3, -0.25) is 4.90 Å². The van der Waals surface area contributed by atoms with Crippen LogP contribution < -0.4 is 5.32 Å². The third-order valence-corrected chi connectivity index (χ3v) is 3.72. The lowest BCUT2D eigenvalue weighted by molar-refractivity contribution is 0.179. The van der Waals surface area contributed by atoms with Crippen molar-refractivity contribution < 1.29 is 0 Å². The van der Waals surface area contributed by atoms with Crippen molar-refractivity contribution in [2.75, 3.05) is 6.54 Å². The van der Waals surface area contributed by atoms with E-state index in [0.29, 0.717) is 6.04 Å². The zero-order valence-corrected chi connectivity index (χ0v) is 12.2. The molecule has 1 N–H and O–H groups in total. The Hall–Kier alpha value is -0.860. The normalized spacial score (nSPS) is 17.8. The molecule has 1 aromatic carbocycles. The Labute approximate surface area is 111 Å². The molecule has 0 spiro atoms. The van der Waals surface area contributed by atoms with Gasteiger partial charge in [-0.05, 0) is 38.3 Å². The quantitative estimate of drug-likeness (QED) is 0.878. The number of benzene rings is 1. The first-order valence-electron chi connectivity index (χ1n) is 7.05. The average Bonchev–Trinajstić information content (AvgIpc) is 2.71. The van der Waals surface area contributed by atoms with Gasteiger partial charge in [-0.2, -0.15) is 0 Å². The smallest absolute Gasteiger partial charge is 0.0244 e. The van der Waals surface area contributed by atoms with Gasteiger partial charge in [0.1, 0.15) is 0 Å². The highest BCUT2D eigenvalue weighted by atomic mass is 15.2. The van der Waals surface area contributed by atoms with E-state index in [1.165, 1.54) is 17.5 Å². The summed E-state index contributed by atoms with van der Waals surface area (Å²) in [6.07, 6.45) is 1.21. The van der Waals surface area contributed by atoms with Gasteiger partial charge >= 0.3 is 0 Å². The lowest BCUT2D eigenvalue weighted by Crippen LogP contribution is -2.45. The molecule has 1 aliphatic heterocycles. The largest absolute Gasteiger partial charge is 0.311 e. The minimum atomic E-state index is 0.208. The first-order valence-corrected chi connectivity index (χ1v) is 7.05. The van der Waals surface area contributed by atoms with E-state index in [1.54, 1.807) is 0 Å². The summed E-state index contributed by atoms with van der Waals surface area (Å²) in [6, 6.07) is 9.46. The van der Waals surface area contributed by atoms with Crippen LogP contribution in [0.1, 0.15) is 45.2 Å². The molecule has 0 fully saturated rings. The van der Waals surface area contributed by atoms with Crippen molar-refractivity contribution in [3.63, 3.8) is 0 Å². The van der Waals surface area contributed by atoms with E-state index in [9.17, 15) is 0 Å². The van der Waals surface area contributed by atoms with Crippen molar-refractivity contribution in [3.8, 4) is 0 Å². The molecule has 1 aliphatic rings. The summed E-state index contributed by atoms with van der Waals surface area (Å²) in [5.74, 6) is 0. The van der Waals surface area contributed by atoms with E-state index < -0.39 is 0 Å². The van der Waals surface area contributed by atoms with Crippen LogP contribution in [0.2, 0.25) is 0 Å². The molecule has 100 valence electrons. The molecule has 2 nitrogen and oxygen atoms in total. The maximum absolute atomic E-state index is 3.63. The SMILES string of the molecule is CCC(CNC(C)(C)C)N1Cc2ccccc2C1. The van der Waals surface area contributed by atoms with Crippen molar-refractivity contribution in [2.24, 2.45) is 0 Å². The summed E-state index contributed by atoms with van der Waals surface area (Å²) < 4.78 is 0. The Balaban J connectivity index is 1.96. The highest BCUT2D eigenvalue weighted by Gasteiger charge is 2.25. The standard InChI is InChI=1S/C16H26N2/c1-5-15(10-17-16(2,3)4)18-11-13-8-6-7-9-14(13)12-18/h6-9,15,17H,5,10-12H2,1-4H3. The number of nitrogens with one attached hydrogen (secondary N) is 1. The summed E-state index contributed by atoms with van der Waals surface area (Å²) in [5.41, 5.74) is 3.22. The zero-order valence-electron chi connectivity index (χ0n) is 12.2. The van der Waals surface area contributed by atoms with Crippen molar-refractivity contribution >= 4 is 0 Å². The van der Waals surface area contributed by atoms with Gasteiger partial charge in [-0.15, -0.1) is 0 Å². The topological polar surface area (TPSA) is 15.3 Å². The molecule has 2 rings (SSSR count). The van der Waals surface area contributed by atoms with Gasteiger partial charge in [0, 0.05) is 31.2 Å². The van der Waals surface area contributed by atoms with Crippen LogP contribution in [0.4, 0.5) is 0 Å². The molecule has 1 heterocycles. The minimum absolute atomic E-state index is 0.208. The average molecular weight is 246 g/mol. The molecule has 0 saturated carbocycles. The predicted octanol–water partition coefficient (Wildman–Crippen LogP) is 3.17. The molecule has 1 atom stereocenters. The van der Waals surface area contributed by atoms with Gasteiger partial charge in [-0.25, -0.2) is 0 Å². The fraction of sp³-hybridized carbons (Fsp3) is 0.625. The number of nitrogens with zero attached hydrogens (tertiary/aromatic N) is 1. The van der Waals surface area contributed by atoms with Crippen molar-refractivity contribution in [3.05, 3.63) is 35.4 Å². The van der Waals surface area contributed by atoms with E-state index >= 15 is 0 Å². The minimum Gasteiger partial charge on any atom is -0.311 e. The third-order valence-electron chi connectivity index (χ3n) is 3.72. The van der Waals surface area contributed by atoms with Crippen LogP contribution in [0.5, 0.6) is 0 Å². The van der Waals surface area contributed by atoms with E-state index in [-0.39, 0.29) is 5.54 Å². The highest BCUT2D eigenvalue weighted by Crippen LogP contribution is 2.25. The monoisotopic (exact) mass is 246 g/mol. The van der Waals surface area contributed by atoms with Gasteiger partial charge in [0.25, 0.3) is 0 Å². The van der Waals surface area contributed by atoms with Crippen LogP contribution in [-0.4, -0.2) is 23.0 Å². The number of hydrogen-bond donors (Lipinski definition) is 1. The maximum Gasteiger partial charge on any atom is 0.0244 e. The Kier molecular flexibility index (Phi) is 4.08. The van der Waals surface area contributed by atoms with Crippen LogP contribution in [-0.2, 0) is 13.1 Å². The lowest BCUT2D eigenvalue weighted by atomic mass is 10.1. The first kappa shape index (κ1) is 13.6. The van der Waals surface area contributed by atoms with Crippen LogP contribution in [0.15, 0.2) is 24.3 Å². The third kappa shape index (κ3) is 3.33. The van der Waals surface area contributed by atoms with E-state index in [0.717, 1.165) is 19.6 Å². The molecule has 0 aromatic heterocycles. The van der Waals surface area contributed by atoms with Gasteiger partial charge in [0.05, 0.1) is 0 Å². The molecule has 1 unspecified atom stereocenters. The van der Waals surface area contributed by atoms with Crippen molar-refractivity contribution in [2.45, 2.75) is 58.8 Å². The lowest BCUT2D eigenvalue weighted by Gasteiger charge is -2.30. The second-order valence-electron chi connectivity index (χ2n) is 6.37. The fourth-order valence-corrected chi connectivity index (χ4v) is 2.57. The predicted molar refractivity (Wildman–Crippen MR) is 77.5 cm³/mol. The molecular formula is C16H26N2. The van der Waals surface area contributed by atoms with E-state index in [4.69, 9.17) is 0 Å². The molecule has 0 radical (unpaired) electrons. The molecule has 0 bridgehead atoms. The highest BCUT2D eigenvalue weighted by molar-refractivity contribution is 5.30. The van der Waals surface area contributed by atoms with Crippen molar-refractivity contribution in [1.82, 2.24) is 10.2 Å². The number of rotatable bonds is 4. The van der Waals surface area contributed by atoms with Gasteiger partial charge in [0.2, 0.25) is 0 Å². The van der Waals surface area contributed by atoms with Gasteiger partial charge in [-0.1, -0.05) is 31.2 Å². The van der Waals surface area contributed by atoms with Crippen LogP contribution >= 0.6 is 0 Å².